The Bertz CT molecular complexity index is 1160. The molecule has 6 nitrogen and oxygen atoms in total. The molecule has 0 spiro atoms. The second-order valence-electron chi connectivity index (χ2n) is 8.15. The van der Waals surface area contributed by atoms with E-state index in [9.17, 15) is 4.79 Å². The van der Waals surface area contributed by atoms with Crippen LogP contribution < -0.4 is 5.32 Å². The summed E-state index contributed by atoms with van der Waals surface area (Å²) in [6, 6.07) is 5.37. The van der Waals surface area contributed by atoms with Crippen LogP contribution in [0.3, 0.4) is 0 Å². The third kappa shape index (κ3) is 5.97. The Morgan fingerprint density at radius 2 is 2.22 bits per heavy atom. The summed E-state index contributed by atoms with van der Waals surface area (Å²) < 4.78 is 12.4. The van der Waals surface area contributed by atoms with E-state index < -0.39 is 17.7 Å². The van der Waals surface area contributed by atoms with Gasteiger partial charge in [-0.15, -0.1) is 17.3 Å². The van der Waals surface area contributed by atoms with Crippen LogP contribution in [0.1, 0.15) is 38.3 Å². The molecule has 0 saturated carbocycles. The highest BCUT2D eigenvalue weighted by Crippen LogP contribution is 2.36. The summed E-state index contributed by atoms with van der Waals surface area (Å²) in [6.07, 6.45) is -0.0906. The number of thiophene rings is 1. The monoisotopic (exact) mass is 537 g/mol. The highest BCUT2D eigenvalue weighted by molar-refractivity contribution is 9.10. The van der Waals surface area contributed by atoms with Crippen LogP contribution in [0.15, 0.2) is 32.5 Å². The predicted octanol–water partition coefficient (Wildman–Crippen LogP) is 6.72. The molecule has 9 heteroatoms. The third-order valence-corrected chi connectivity index (χ3v) is 6.38. The van der Waals surface area contributed by atoms with E-state index in [1.54, 1.807) is 31.4 Å². The number of nitrogens with one attached hydrogen (secondary N) is 1. The van der Waals surface area contributed by atoms with E-state index in [0.717, 1.165) is 5.69 Å². The molecule has 170 valence electrons. The van der Waals surface area contributed by atoms with Crippen molar-refractivity contribution in [1.29, 1.82) is 0 Å². The minimum atomic E-state index is -0.598. The van der Waals surface area contributed by atoms with Crippen molar-refractivity contribution in [2.75, 3.05) is 12.4 Å². The van der Waals surface area contributed by atoms with Crippen LogP contribution in [0.25, 0.3) is 11.1 Å². The van der Waals surface area contributed by atoms with Gasteiger partial charge in [0.2, 0.25) is 0 Å². The summed E-state index contributed by atoms with van der Waals surface area (Å²) >= 11 is 11.5. The Hall–Kier alpha value is -2.21. The van der Waals surface area contributed by atoms with E-state index in [2.05, 4.69) is 44.1 Å². The van der Waals surface area contributed by atoms with Gasteiger partial charge in [-0.2, -0.15) is 0 Å². The van der Waals surface area contributed by atoms with Gasteiger partial charge < -0.3 is 14.5 Å². The maximum absolute atomic E-state index is 12.6. The van der Waals surface area contributed by atoms with Crippen LogP contribution in [0, 0.1) is 11.8 Å². The number of hydrogen-bond acceptors (Lipinski definition) is 6. The largest absolute Gasteiger partial charge is 0.456 e. The fourth-order valence-corrected chi connectivity index (χ4v) is 4.35. The van der Waals surface area contributed by atoms with Crippen molar-refractivity contribution in [3.05, 3.63) is 43.8 Å². The number of nitrogens with zero attached hydrogens (tertiary/aromatic N) is 2. The van der Waals surface area contributed by atoms with Gasteiger partial charge >= 0.3 is 6.09 Å². The molecule has 0 fully saturated rings. The maximum Gasteiger partial charge on any atom is 0.411 e. The van der Waals surface area contributed by atoms with Crippen molar-refractivity contribution >= 4 is 61.7 Å². The van der Waals surface area contributed by atoms with Gasteiger partial charge in [0.1, 0.15) is 28.1 Å². The number of amides is 1. The zero-order valence-electron chi connectivity index (χ0n) is 18.6. The van der Waals surface area contributed by atoms with Gasteiger partial charge in [-0.3, -0.25) is 4.90 Å². The van der Waals surface area contributed by atoms with Crippen molar-refractivity contribution in [3.8, 4) is 11.8 Å². The molecular formula is C23H25BrClN3O3S. The number of carbonyl (C=O) groups excluding carboxylic acids is 1. The first-order chi connectivity index (χ1) is 15.1. The zero-order valence-corrected chi connectivity index (χ0v) is 21.7. The lowest BCUT2D eigenvalue weighted by Crippen LogP contribution is -2.41. The summed E-state index contributed by atoms with van der Waals surface area (Å²) in [7, 11) is 1.67. The summed E-state index contributed by atoms with van der Waals surface area (Å²) in [5.41, 5.74) is 1.36. The predicted molar refractivity (Wildman–Crippen MR) is 133 cm³/mol. The summed E-state index contributed by atoms with van der Waals surface area (Å²) in [4.78, 5) is 19.7. The lowest BCUT2D eigenvalue weighted by atomic mass is 10.1. The molecule has 0 bridgehead atoms. The molecule has 1 atom stereocenters. The van der Waals surface area contributed by atoms with Gasteiger partial charge in [0.05, 0.1) is 10.2 Å². The van der Waals surface area contributed by atoms with E-state index in [4.69, 9.17) is 20.8 Å². The van der Waals surface area contributed by atoms with Gasteiger partial charge in [-0.25, -0.2) is 9.78 Å². The van der Waals surface area contributed by atoms with Crippen LogP contribution in [0.2, 0.25) is 5.15 Å². The Labute approximate surface area is 205 Å². The fraction of sp³-hybridized carbons (Fsp3) is 0.391. The minimum Gasteiger partial charge on any atom is -0.456 e. The first kappa shape index (κ1) is 24.4. The average Bonchev–Trinajstić information content (AvgIpc) is 3.33. The van der Waals surface area contributed by atoms with Crippen molar-refractivity contribution in [1.82, 2.24) is 9.88 Å². The highest BCUT2D eigenvalue weighted by Gasteiger charge is 2.27. The lowest BCUT2D eigenvalue weighted by Gasteiger charge is -2.27. The summed E-state index contributed by atoms with van der Waals surface area (Å²) in [5, 5.41) is 5.76. The number of hydrogen-bond donors (Lipinski definition) is 1. The molecule has 3 aromatic rings. The quantitative estimate of drug-likeness (QED) is 0.279. The van der Waals surface area contributed by atoms with E-state index >= 15 is 0 Å². The van der Waals surface area contributed by atoms with Crippen molar-refractivity contribution in [2.45, 2.75) is 52.3 Å². The number of carbonyl (C=O) groups is 1. The number of furan rings is 1. The minimum absolute atomic E-state index is 0.356. The molecule has 3 aromatic heterocycles. The van der Waals surface area contributed by atoms with Crippen LogP contribution in [-0.2, 0) is 17.7 Å². The Morgan fingerprint density at radius 3 is 2.84 bits per heavy atom. The van der Waals surface area contributed by atoms with Crippen molar-refractivity contribution < 1.29 is 13.9 Å². The number of anilines is 1. The molecule has 0 aliphatic heterocycles. The summed E-state index contributed by atoms with van der Waals surface area (Å²) in [5.74, 6) is 6.59. The Balaban J connectivity index is 1.89. The zero-order chi connectivity index (χ0) is 23.5. The van der Waals surface area contributed by atoms with Crippen LogP contribution >= 0.6 is 38.9 Å². The molecule has 3 heterocycles. The molecule has 1 amide bonds. The molecule has 32 heavy (non-hydrogen) atoms. The van der Waals surface area contributed by atoms with E-state index in [1.807, 2.05) is 32.2 Å². The van der Waals surface area contributed by atoms with Gasteiger partial charge in [0.25, 0.3) is 0 Å². The second-order valence-corrected chi connectivity index (χ2v) is 10.4. The molecule has 0 unspecified atom stereocenters. The Kier molecular flexibility index (Phi) is 7.75. The Morgan fingerprint density at radius 1 is 1.47 bits per heavy atom. The van der Waals surface area contributed by atoms with Gasteiger partial charge in [0.15, 0.2) is 5.58 Å². The topological polar surface area (TPSA) is 67.6 Å². The van der Waals surface area contributed by atoms with E-state index in [-0.39, 0.29) is 0 Å². The smallest absolute Gasteiger partial charge is 0.411 e. The number of fused-ring (bicyclic) bond motifs is 1. The number of likely N-dealkylation sites (N-methyl/N-ethyl adjacent to an activating group) is 1. The average molecular weight is 539 g/mol. The van der Waals surface area contributed by atoms with Crippen LogP contribution in [-0.4, -0.2) is 34.7 Å². The molecule has 1 N–H and O–H groups in total. The standard InChI is InChI=1S/C23H25BrClN3O3S/c1-6-8-14(28(5)22(29)31-23(2,3)4)11-17-19(24)20-21(30-17)16(12-18(25)27-20)26-13-15-9-7-10-32-15/h7,9-10,12,14H,11,13H2,1-5H3,(H,26,27)/t14-/m0/s1. The third-order valence-electron chi connectivity index (χ3n) is 4.49. The normalized spacial score (nSPS) is 12.2. The molecule has 0 saturated heterocycles. The second kappa shape index (κ2) is 10.2. The highest BCUT2D eigenvalue weighted by atomic mass is 79.9. The van der Waals surface area contributed by atoms with Crippen LogP contribution in [0.5, 0.6) is 0 Å². The number of pyridine rings is 1. The van der Waals surface area contributed by atoms with Gasteiger partial charge in [-0.05, 0) is 55.1 Å². The number of halogens is 2. The summed E-state index contributed by atoms with van der Waals surface area (Å²) in [6.45, 7) is 7.86. The molecule has 0 aliphatic rings. The maximum atomic E-state index is 12.6. The molecule has 3 rings (SSSR count). The number of rotatable bonds is 6. The first-order valence-electron chi connectivity index (χ1n) is 10.0. The van der Waals surface area contributed by atoms with Crippen LogP contribution in [0.4, 0.5) is 10.5 Å². The first-order valence-corrected chi connectivity index (χ1v) is 12.1. The van der Waals surface area contributed by atoms with Gasteiger partial charge in [0, 0.05) is 31.0 Å². The number of aromatic nitrogens is 1. The SMILES string of the molecule is CC#C[C@@H](Cc1oc2c(NCc3cccs3)cc(Cl)nc2c1Br)N(C)C(=O)OC(C)(C)C. The molecule has 0 radical (unpaired) electrons. The van der Waals surface area contributed by atoms with Gasteiger partial charge in [-0.1, -0.05) is 23.6 Å². The van der Waals surface area contributed by atoms with E-state index in [1.165, 1.54) is 9.78 Å². The van der Waals surface area contributed by atoms with Crippen molar-refractivity contribution in [2.24, 2.45) is 0 Å². The molecular weight excluding hydrogens is 514 g/mol. The molecule has 0 aromatic carbocycles. The number of ether oxygens (including phenoxy) is 1. The lowest BCUT2D eigenvalue weighted by molar-refractivity contribution is 0.0259. The molecule has 0 aliphatic carbocycles. The van der Waals surface area contributed by atoms with E-state index in [0.29, 0.717) is 39.5 Å². The van der Waals surface area contributed by atoms with Crippen molar-refractivity contribution in [3.63, 3.8) is 0 Å². The fourth-order valence-electron chi connectivity index (χ4n) is 3.00.